The first-order valence-electron chi connectivity index (χ1n) is 8.92. The van der Waals surface area contributed by atoms with E-state index in [0.717, 1.165) is 5.39 Å². The zero-order valence-corrected chi connectivity index (χ0v) is 14.9. The quantitative estimate of drug-likeness (QED) is 0.582. The highest BCUT2D eigenvalue weighted by Crippen LogP contribution is 2.24. The standard InChI is InChI=1S/C21H21N3O2/c1-13(2)18(14-8-4-3-5-9-14)22-12-17-23-19-15-10-6-7-11-16(15)26-20(19)21(25)24-17/h3-11,13,18,22H,12H2,1-2H3,(H,23,24,25)/p+1/t18-/m1/s1. The Kier molecular flexibility index (Phi) is 4.31. The third kappa shape index (κ3) is 3.02. The van der Waals surface area contributed by atoms with Gasteiger partial charge in [-0.25, -0.2) is 4.98 Å². The largest absolute Gasteiger partial charge is 0.449 e. The molecule has 2 aromatic carbocycles. The topological polar surface area (TPSA) is 75.5 Å². The number of hydrogen-bond acceptors (Lipinski definition) is 3. The van der Waals surface area contributed by atoms with Crippen molar-refractivity contribution in [2.45, 2.75) is 26.4 Å². The fourth-order valence-corrected chi connectivity index (χ4v) is 3.45. The van der Waals surface area contributed by atoms with E-state index in [0.29, 0.717) is 41.0 Å². The molecular weight excluding hydrogens is 326 g/mol. The lowest BCUT2D eigenvalue weighted by Crippen LogP contribution is -2.85. The second-order valence-corrected chi connectivity index (χ2v) is 6.91. The van der Waals surface area contributed by atoms with Crippen molar-refractivity contribution in [3.8, 4) is 0 Å². The number of hydrogen-bond donors (Lipinski definition) is 2. The van der Waals surface area contributed by atoms with Gasteiger partial charge in [-0.05, 0) is 12.1 Å². The number of rotatable bonds is 5. The number of nitrogens with one attached hydrogen (secondary N) is 1. The molecule has 5 heteroatoms. The van der Waals surface area contributed by atoms with Crippen LogP contribution in [-0.4, -0.2) is 9.97 Å². The molecule has 0 aliphatic rings. The van der Waals surface area contributed by atoms with Crippen LogP contribution in [0.5, 0.6) is 0 Å². The summed E-state index contributed by atoms with van der Waals surface area (Å²) in [6, 6.07) is 18.3. The Morgan fingerprint density at radius 1 is 1.08 bits per heavy atom. The number of fused-ring (bicyclic) bond motifs is 3. The van der Waals surface area contributed by atoms with Crippen LogP contribution >= 0.6 is 0 Å². The number of quaternary nitrogens is 1. The maximum atomic E-state index is 12.4. The lowest BCUT2D eigenvalue weighted by atomic mass is 9.96. The number of aromatic amines is 1. The molecule has 132 valence electrons. The van der Waals surface area contributed by atoms with Crippen LogP contribution in [0.25, 0.3) is 22.1 Å². The van der Waals surface area contributed by atoms with Crippen LogP contribution in [0.1, 0.15) is 31.3 Å². The third-order valence-electron chi connectivity index (χ3n) is 4.75. The molecule has 0 aliphatic heterocycles. The number of aromatic nitrogens is 2. The summed E-state index contributed by atoms with van der Waals surface area (Å²) >= 11 is 0. The van der Waals surface area contributed by atoms with Crippen LogP contribution in [0, 0.1) is 5.92 Å². The van der Waals surface area contributed by atoms with Crippen LogP contribution in [0.4, 0.5) is 0 Å². The highest BCUT2D eigenvalue weighted by atomic mass is 16.3. The Morgan fingerprint density at radius 2 is 1.81 bits per heavy atom. The van der Waals surface area contributed by atoms with Crippen molar-refractivity contribution in [1.29, 1.82) is 0 Å². The number of nitrogens with zero attached hydrogens (tertiary/aromatic N) is 1. The molecule has 0 aliphatic carbocycles. The predicted octanol–water partition coefficient (Wildman–Crippen LogP) is 3.13. The van der Waals surface area contributed by atoms with Gasteiger partial charge in [0.05, 0.1) is 0 Å². The van der Waals surface area contributed by atoms with Crippen LogP contribution < -0.4 is 10.9 Å². The van der Waals surface area contributed by atoms with Crippen molar-refractivity contribution >= 4 is 22.1 Å². The first kappa shape index (κ1) is 16.5. The van der Waals surface area contributed by atoms with Crippen LogP contribution in [0.15, 0.2) is 63.8 Å². The SMILES string of the molecule is CC(C)[C@@H]([NH2+]Cc1nc2c(oc3ccccc32)c(=O)[nH]1)c1ccccc1. The molecule has 2 aromatic heterocycles. The van der Waals surface area contributed by atoms with Crippen molar-refractivity contribution in [1.82, 2.24) is 9.97 Å². The molecular formula is C21H22N3O2+. The average Bonchev–Trinajstić information content (AvgIpc) is 3.02. The van der Waals surface area contributed by atoms with Crippen molar-refractivity contribution in [3.63, 3.8) is 0 Å². The van der Waals surface area contributed by atoms with Crippen LogP contribution in [0.3, 0.4) is 0 Å². The second-order valence-electron chi connectivity index (χ2n) is 6.91. The van der Waals surface area contributed by atoms with E-state index in [1.165, 1.54) is 5.56 Å². The Labute approximate surface area is 151 Å². The normalized spacial score (nSPS) is 12.9. The Bertz CT molecular complexity index is 1100. The third-order valence-corrected chi connectivity index (χ3v) is 4.75. The van der Waals surface area contributed by atoms with Gasteiger partial charge in [0.15, 0.2) is 5.82 Å². The zero-order valence-electron chi connectivity index (χ0n) is 14.9. The van der Waals surface area contributed by atoms with Gasteiger partial charge in [-0.1, -0.05) is 56.3 Å². The smallest absolute Gasteiger partial charge is 0.294 e. The van der Waals surface area contributed by atoms with E-state index in [4.69, 9.17) is 4.42 Å². The highest BCUT2D eigenvalue weighted by Gasteiger charge is 2.20. The van der Waals surface area contributed by atoms with Gasteiger partial charge in [0.2, 0.25) is 5.58 Å². The number of para-hydroxylation sites is 1. The van der Waals surface area contributed by atoms with E-state index in [-0.39, 0.29) is 5.56 Å². The molecule has 3 N–H and O–H groups in total. The summed E-state index contributed by atoms with van der Waals surface area (Å²) in [6.07, 6.45) is 0. The van der Waals surface area contributed by atoms with E-state index in [1.807, 2.05) is 30.3 Å². The van der Waals surface area contributed by atoms with Crippen LogP contribution in [0.2, 0.25) is 0 Å². The molecule has 26 heavy (non-hydrogen) atoms. The van der Waals surface area contributed by atoms with Crippen molar-refractivity contribution in [2.24, 2.45) is 5.92 Å². The fraction of sp³-hybridized carbons (Fsp3) is 0.238. The first-order valence-corrected chi connectivity index (χ1v) is 8.92. The molecule has 0 amide bonds. The summed E-state index contributed by atoms with van der Waals surface area (Å²) in [5.41, 5.74) is 2.66. The molecule has 4 rings (SSSR count). The van der Waals surface area contributed by atoms with E-state index >= 15 is 0 Å². The lowest BCUT2D eigenvalue weighted by molar-refractivity contribution is -0.718. The molecule has 2 heterocycles. The maximum Gasteiger partial charge on any atom is 0.294 e. The Hall–Kier alpha value is -2.92. The molecule has 0 radical (unpaired) electrons. The van der Waals surface area contributed by atoms with Gasteiger partial charge in [0.25, 0.3) is 5.56 Å². The van der Waals surface area contributed by atoms with Gasteiger partial charge in [-0.2, -0.15) is 0 Å². The lowest BCUT2D eigenvalue weighted by Gasteiger charge is -2.19. The van der Waals surface area contributed by atoms with Crippen LogP contribution in [-0.2, 0) is 6.54 Å². The highest BCUT2D eigenvalue weighted by molar-refractivity contribution is 6.01. The number of benzene rings is 2. The van der Waals surface area contributed by atoms with E-state index < -0.39 is 0 Å². The number of H-pyrrole nitrogens is 1. The van der Waals surface area contributed by atoms with Gasteiger partial charge >= 0.3 is 0 Å². The van der Waals surface area contributed by atoms with Crippen molar-refractivity contribution < 1.29 is 9.73 Å². The number of nitrogens with two attached hydrogens (primary N) is 1. The van der Waals surface area contributed by atoms with Gasteiger partial charge in [0.1, 0.15) is 23.7 Å². The van der Waals surface area contributed by atoms with Gasteiger partial charge in [-0.3, -0.25) is 4.79 Å². The van der Waals surface area contributed by atoms with Gasteiger partial charge in [-0.15, -0.1) is 0 Å². The second kappa shape index (κ2) is 6.77. The summed E-state index contributed by atoms with van der Waals surface area (Å²) in [5.74, 6) is 1.12. The molecule has 0 saturated heterocycles. The minimum atomic E-state index is -0.226. The zero-order chi connectivity index (χ0) is 18.1. The molecule has 0 saturated carbocycles. The Morgan fingerprint density at radius 3 is 2.58 bits per heavy atom. The minimum absolute atomic E-state index is 0.226. The van der Waals surface area contributed by atoms with Crippen molar-refractivity contribution in [2.75, 3.05) is 0 Å². The molecule has 0 fully saturated rings. The van der Waals surface area contributed by atoms with Gasteiger partial charge in [0, 0.05) is 16.9 Å². The summed E-state index contributed by atoms with van der Waals surface area (Å²) in [6.45, 7) is 5.01. The fourth-order valence-electron chi connectivity index (χ4n) is 3.45. The molecule has 1 atom stereocenters. The van der Waals surface area contributed by atoms with E-state index in [9.17, 15) is 4.79 Å². The molecule has 0 unspecified atom stereocenters. The first-order chi connectivity index (χ1) is 12.6. The predicted molar refractivity (Wildman–Crippen MR) is 102 cm³/mol. The summed E-state index contributed by atoms with van der Waals surface area (Å²) in [7, 11) is 0. The van der Waals surface area contributed by atoms with E-state index in [2.05, 4.69) is 53.4 Å². The average molecular weight is 348 g/mol. The van der Waals surface area contributed by atoms with Crippen molar-refractivity contribution in [3.05, 3.63) is 76.3 Å². The molecule has 0 bridgehead atoms. The summed E-state index contributed by atoms with van der Waals surface area (Å²) in [5, 5.41) is 3.10. The minimum Gasteiger partial charge on any atom is -0.449 e. The number of furan rings is 1. The van der Waals surface area contributed by atoms with Gasteiger partial charge < -0.3 is 14.7 Å². The monoisotopic (exact) mass is 348 g/mol. The van der Waals surface area contributed by atoms with E-state index in [1.54, 1.807) is 0 Å². The maximum absolute atomic E-state index is 12.4. The Balaban J connectivity index is 1.66. The summed E-state index contributed by atoms with van der Waals surface area (Å²) in [4.78, 5) is 19.9. The summed E-state index contributed by atoms with van der Waals surface area (Å²) < 4.78 is 5.65. The molecule has 4 aromatic rings. The molecule has 5 nitrogen and oxygen atoms in total. The molecule has 0 spiro atoms.